The predicted octanol–water partition coefficient (Wildman–Crippen LogP) is 3.43. The number of carboxylic acid groups (broad SMARTS) is 1. The summed E-state index contributed by atoms with van der Waals surface area (Å²) in [5.41, 5.74) is 2.23. The fraction of sp³-hybridized carbons (Fsp3) is 0.154. The molecule has 4 heteroatoms. The monoisotopic (exact) mass is 248 g/mol. The first kappa shape index (κ1) is 11.7. The summed E-state index contributed by atoms with van der Waals surface area (Å²) in [6.07, 6.45) is 0. The molecule has 0 saturated carbocycles. The number of rotatable bonds is 3. The Labute approximate surface area is 103 Å². The largest absolute Gasteiger partial charge is 0.496 e. The van der Waals surface area contributed by atoms with Crippen LogP contribution in [0.3, 0.4) is 0 Å². The first-order chi connectivity index (χ1) is 8.13. The van der Waals surface area contributed by atoms with Gasteiger partial charge in [0.2, 0.25) is 0 Å². The minimum absolute atomic E-state index is 0.272. The van der Waals surface area contributed by atoms with Gasteiger partial charge in [-0.2, -0.15) is 0 Å². The van der Waals surface area contributed by atoms with Gasteiger partial charge in [-0.1, -0.05) is 0 Å². The lowest BCUT2D eigenvalue weighted by molar-refractivity contribution is 0.0697. The van der Waals surface area contributed by atoms with Crippen LogP contribution in [0, 0.1) is 6.92 Å². The van der Waals surface area contributed by atoms with Crippen LogP contribution in [0.15, 0.2) is 29.6 Å². The molecule has 2 aromatic rings. The molecule has 2 rings (SSSR count). The highest BCUT2D eigenvalue weighted by molar-refractivity contribution is 7.13. The van der Waals surface area contributed by atoms with Crippen LogP contribution in [-0.2, 0) is 0 Å². The number of thiophene rings is 1. The lowest BCUT2D eigenvalue weighted by atomic mass is 10.1. The zero-order chi connectivity index (χ0) is 12.4. The normalized spacial score (nSPS) is 10.2. The van der Waals surface area contributed by atoms with Gasteiger partial charge in [0.25, 0.3) is 0 Å². The van der Waals surface area contributed by atoms with Gasteiger partial charge in [0.1, 0.15) is 5.75 Å². The number of methoxy groups -OCH3 is 1. The van der Waals surface area contributed by atoms with Gasteiger partial charge >= 0.3 is 5.97 Å². The van der Waals surface area contributed by atoms with Gasteiger partial charge in [-0.25, -0.2) is 4.79 Å². The summed E-state index contributed by atoms with van der Waals surface area (Å²) >= 11 is 1.58. The number of hydrogen-bond donors (Lipinski definition) is 1. The Morgan fingerprint density at radius 2 is 2.12 bits per heavy atom. The van der Waals surface area contributed by atoms with E-state index in [1.54, 1.807) is 36.6 Å². The Morgan fingerprint density at radius 3 is 2.65 bits per heavy atom. The highest BCUT2D eigenvalue weighted by Crippen LogP contribution is 2.36. The maximum atomic E-state index is 11.0. The molecular weight excluding hydrogens is 236 g/mol. The van der Waals surface area contributed by atoms with E-state index in [0.29, 0.717) is 5.75 Å². The second-order valence-corrected chi connectivity index (χ2v) is 4.57. The van der Waals surface area contributed by atoms with E-state index in [1.807, 2.05) is 18.4 Å². The second-order valence-electron chi connectivity index (χ2n) is 3.65. The van der Waals surface area contributed by atoms with Crippen molar-refractivity contribution in [3.05, 3.63) is 40.8 Å². The van der Waals surface area contributed by atoms with Gasteiger partial charge in [-0.15, -0.1) is 11.3 Å². The van der Waals surface area contributed by atoms with Crippen LogP contribution in [0.4, 0.5) is 0 Å². The summed E-state index contributed by atoms with van der Waals surface area (Å²) in [6, 6.07) is 6.90. The molecule has 1 aromatic carbocycles. The summed E-state index contributed by atoms with van der Waals surface area (Å²) in [6.45, 7) is 2.00. The zero-order valence-corrected chi connectivity index (χ0v) is 10.4. The first-order valence-electron chi connectivity index (χ1n) is 5.09. The summed E-state index contributed by atoms with van der Waals surface area (Å²) in [4.78, 5) is 12.0. The second kappa shape index (κ2) is 4.59. The SMILES string of the molecule is COc1ccc(C(=O)O)cc1-c1sccc1C. The molecule has 1 N–H and O–H groups in total. The highest BCUT2D eigenvalue weighted by Gasteiger charge is 2.13. The molecule has 0 radical (unpaired) electrons. The van der Waals surface area contributed by atoms with E-state index in [2.05, 4.69) is 0 Å². The summed E-state index contributed by atoms with van der Waals surface area (Å²) < 4.78 is 5.27. The Hall–Kier alpha value is -1.81. The van der Waals surface area contributed by atoms with Gasteiger partial charge < -0.3 is 9.84 Å². The van der Waals surface area contributed by atoms with Gasteiger partial charge in [0, 0.05) is 10.4 Å². The van der Waals surface area contributed by atoms with Crippen molar-refractivity contribution >= 4 is 17.3 Å². The number of hydrogen-bond acceptors (Lipinski definition) is 3. The number of aryl methyl sites for hydroxylation is 1. The molecule has 0 aliphatic carbocycles. The lowest BCUT2D eigenvalue weighted by Crippen LogP contribution is -1.97. The molecule has 0 saturated heterocycles. The van der Waals surface area contributed by atoms with E-state index < -0.39 is 5.97 Å². The Kier molecular flexibility index (Phi) is 3.15. The first-order valence-corrected chi connectivity index (χ1v) is 5.97. The number of aromatic carboxylic acids is 1. The van der Waals surface area contributed by atoms with Crippen LogP contribution in [0.1, 0.15) is 15.9 Å². The van der Waals surface area contributed by atoms with Gasteiger partial charge in [-0.3, -0.25) is 0 Å². The van der Waals surface area contributed by atoms with Gasteiger partial charge in [-0.05, 0) is 42.1 Å². The Balaban J connectivity index is 2.61. The molecule has 0 atom stereocenters. The number of carboxylic acids is 1. The Bertz CT molecular complexity index is 558. The van der Waals surface area contributed by atoms with Crippen molar-refractivity contribution in [2.45, 2.75) is 6.92 Å². The van der Waals surface area contributed by atoms with E-state index in [4.69, 9.17) is 9.84 Å². The van der Waals surface area contributed by atoms with Gasteiger partial charge in [0.05, 0.1) is 12.7 Å². The third-order valence-corrected chi connectivity index (χ3v) is 3.60. The number of benzene rings is 1. The lowest BCUT2D eigenvalue weighted by Gasteiger charge is -2.08. The van der Waals surface area contributed by atoms with Crippen LogP contribution < -0.4 is 4.74 Å². The molecule has 0 bridgehead atoms. The van der Waals surface area contributed by atoms with Crippen molar-refractivity contribution in [2.75, 3.05) is 7.11 Å². The molecule has 0 amide bonds. The summed E-state index contributed by atoms with van der Waals surface area (Å²) in [7, 11) is 1.59. The summed E-state index contributed by atoms with van der Waals surface area (Å²) in [5.74, 6) is -0.233. The van der Waals surface area contributed by atoms with Crippen molar-refractivity contribution in [2.24, 2.45) is 0 Å². The molecule has 0 aliphatic rings. The molecule has 0 aliphatic heterocycles. The minimum atomic E-state index is -0.928. The van der Waals surface area contributed by atoms with E-state index in [-0.39, 0.29) is 5.56 Å². The van der Waals surface area contributed by atoms with Crippen LogP contribution in [0.25, 0.3) is 10.4 Å². The van der Waals surface area contributed by atoms with Crippen molar-refractivity contribution in [3.63, 3.8) is 0 Å². The standard InChI is InChI=1S/C13H12O3S/c1-8-5-6-17-12(8)10-7-9(13(14)15)3-4-11(10)16-2/h3-7H,1-2H3,(H,14,15). The molecule has 0 unspecified atom stereocenters. The Morgan fingerprint density at radius 1 is 1.35 bits per heavy atom. The van der Waals surface area contributed by atoms with Crippen LogP contribution in [0.5, 0.6) is 5.75 Å². The topological polar surface area (TPSA) is 46.5 Å². The quantitative estimate of drug-likeness (QED) is 0.905. The average molecular weight is 248 g/mol. The smallest absolute Gasteiger partial charge is 0.335 e. The minimum Gasteiger partial charge on any atom is -0.496 e. The fourth-order valence-electron chi connectivity index (χ4n) is 1.67. The number of ether oxygens (including phenoxy) is 1. The van der Waals surface area contributed by atoms with Crippen LogP contribution in [0.2, 0.25) is 0 Å². The molecular formula is C13H12O3S. The number of carbonyl (C=O) groups is 1. The van der Waals surface area contributed by atoms with E-state index in [1.165, 1.54) is 0 Å². The molecule has 3 nitrogen and oxygen atoms in total. The van der Waals surface area contributed by atoms with Crippen LogP contribution in [-0.4, -0.2) is 18.2 Å². The van der Waals surface area contributed by atoms with E-state index >= 15 is 0 Å². The van der Waals surface area contributed by atoms with Crippen molar-refractivity contribution in [1.82, 2.24) is 0 Å². The van der Waals surface area contributed by atoms with Crippen molar-refractivity contribution < 1.29 is 14.6 Å². The molecule has 88 valence electrons. The van der Waals surface area contributed by atoms with E-state index in [9.17, 15) is 4.79 Å². The fourth-order valence-corrected chi connectivity index (χ4v) is 2.62. The average Bonchev–Trinajstić information content (AvgIpc) is 2.74. The van der Waals surface area contributed by atoms with Gasteiger partial charge in [0.15, 0.2) is 0 Å². The van der Waals surface area contributed by atoms with Crippen molar-refractivity contribution in [1.29, 1.82) is 0 Å². The molecule has 0 spiro atoms. The summed E-state index contributed by atoms with van der Waals surface area (Å²) in [5, 5.41) is 11.0. The third-order valence-electron chi connectivity index (χ3n) is 2.55. The zero-order valence-electron chi connectivity index (χ0n) is 9.56. The van der Waals surface area contributed by atoms with Crippen LogP contribution >= 0.6 is 11.3 Å². The molecule has 0 fully saturated rings. The molecule has 1 heterocycles. The third kappa shape index (κ3) is 2.17. The van der Waals surface area contributed by atoms with E-state index in [0.717, 1.165) is 16.0 Å². The molecule has 1 aromatic heterocycles. The highest BCUT2D eigenvalue weighted by atomic mass is 32.1. The maximum Gasteiger partial charge on any atom is 0.335 e. The molecule has 17 heavy (non-hydrogen) atoms. The predicted molar refractivity (Wildman–Crippen MR) is 68.0 cm³/mol. The maximum absolute atomic E-state index is 11.0. The van der Waals surface area contributed by atoms with Crippen molar-refractivity contribution in [3.8, 4) is 16.2 Å².